The van der Waals surface area contributed by atoms with E-state index in [9.17, 15) is 10.2 Å². The van der Waals surface area contributed by atoms with E-state index in [-0.39, 0.29) is 11.6 Å². The molecule has 0 aliphatic rings. The second-order valence-corrected chi connectivity index (χ2v) is 7.50. The zero-order valence-electron chi connectivity index (χ0n) is 15.0. The Balaban J connectivity index is 1.96. The number of rotatable bonds is 6. The molecule has 2 atom stereocenters. The van der Waals surface area contributed by atoms with E-state index in [1.807, 2.05) is 6.07 Å². The average Bonchev–Trinajstić information content (AvgIpc) is 2.74. The van der Waals surface area contributed by atoms with Gasteiger partial charge in [0.1, 0.15) is 12.3 Å². The zero-order valence-corrected chi connectivity index (χ0v) is 17.2. The van der Waals surface area contributed by atoms with Gasteiger partial charge in [-0.3, -0.25) is 10.3 Å². The molecule has 0 saturated heterocycles. The monoisotopic (exact) mass is 447 g/mol. The van der Waals surface area contributed by atoms with E-state index in [0.29, 0.717) is 32.4 Å². The highest BCUT2D eigenvalue weighted by molar-refractivity contribution is 6.42. The SMILES string of the molecule is N#Cc1ccc(C(O)NC(c2ccc(Cl)c(Cl)c2)c2ccc(CO)cn2)cc1Cl. The molecule has 5 nitrogen and oxygen atoms in total. The number of halogens is 3. The minimum atomic E-state index is -1.10. The lowest BCUT2D eigenvalue weighted by atomic mass is 10.0. The van der Waals surface area contributed by atoms with Crippen LogP contribution in [0.5, 0.6) is 0 Å². The van der Waals surface area contributed by atoms with E-state index in [1.165, 1.54) is 6.07 Å². The quantitative estimate of drug-likeness (QED) is 0.472. The van der Waals surface area contributed by atoms with Crippen molar-refractivity contribution in [3.05, 3.63) is 97.7 Å². The van der Waals surface area contributed by atoms with Crippen molar-refractivity contribution in [2.75, 3.05) is 0 Å². The van der Waals surface area contributed by atoms with Gasteiger partial charge in [0.25, 0.3) is 0 Å². The molecule has 8 heteroatoms. The summed E-state index contributed by atoms with van der Waals surface area (Å²) in [5, 5.41) is 33.2. The topological polar surface area (TPSA) is 89.2 Å². The molecule has 3 rings (SSSR count). The third kappa shape index (κ3) is 5.06. The summed E-state index contributed by atoms with van der Waals surface area (Å²) < 4.78 is 0. The van der Waals surface area contributed by atoms with Crippen molar-refractivity contribution in [1.82, 2.24) is 10.3 Å². The second kappa shape index (κ2) is 9.55. The number of hydrogen-bond donors (Lipinski definition) is 3. The summed E-state index contributed by atoms with van der Waals surface area (Å²) in [4.78, 5) is 4.39. The van der Waals surface area contributed by atoms with Gasteiger partial charge in [0.2, 0.25) is 0 Å². The molecule has 0 spiro atoms. The van der Waals surface area contributed by atoms with Crippen LogP contribution >= 0.6 is 34.8 Å². The first-order valence-electron chi connectivity index (χ1n) is 8.57. The van der Waals surface area contributed by atoms with Crippen LogP contribution in [0.25, 0.3) is 0 Å². The average molecular weight is 449 g/mol. The van der Waals surface area contributed by atoms with Gasteiger partial charge in [0.05, 0.1) is 39.0 Å². The van der Waals surface area contributed by atoms with Crippen LogP contribution < -0.4 is 5.32 Å². The van der Waals surface area contributed by atoms with Gasteiger partial charge < -0.3 is 10.2 Å². The predicted molar refractivity (Wildman–Crippen MR) is 113 cm³/mol. The highest BCUT2D eigenvalue weighted by Gasteiger charge is 2.21. The Labute approximate surface area is 183 Å². The van der Waals surface area contributed by atoms with E-state index in [2.05, 4.69) is 10.3 Å². The summed E-state index contributed by atoms with van der Waals surface area (Å²) in [6.45, 7) is -0.121. The number of aromatic nitrogens is 1. The first-order chi connectivity index (χ1) is 13.9. The number of nitrogens with zero attached hydrogens (tertiary/aromatic N) is 2. The smallest absolute Gasteiger partial charge is 0.131 e. The fourth-order valence-electron chi connectivity index (χ4n) is 2.79. The van der Waals surface area contributed by atoms with Gasteiger partial charge in [0, 0.05) is 6.20 Å². The van der Waals surface area contributed by atoms with Gasteiger partial charge in [-0.1, -0.05) is 53.0 Å². The molecule has 148 valence electrons. The van der Waals surface area contributed by atoms with Crippen molar-refractivity contribution in [2.24, 2.45) is 0 Å². The van der Waals surface area contributed by atoms with Crippen LogP contribution in [-0.4, -0.2) is 15.2 Å². The molecule has 0 saturated carbocycles. The molecule has 3 N–H and O–H groups in total. The summed E-state index contributed by atoms with van der Waals surface area (Å²) in [7, 11) is 0. The second-order valence-electron chi connectivity index (χ2n) is 6.28. The van der Waals surface area contributed by atoms with Crippen LogP contribution in [-0.2, 0) is 6.61 Å². The van der Waals surface area contributed by atoms with Crippen LogP contribution in [0.1, 0.15) is 40.2 Å². The normalized spacial score (nSPS) is 13.0. The summed E-state index contributed by atoms with van der Waals surface area (Å²) in [6, 6.07) is 14.8. The van der Waals surface area contributed by atoms with Gasteiger partial charge in [-0.15, -0.1) is 0 Å². The van der Waals surface area contributed by atoms with Gasteiger partial charge in [-0.05, 0) is 47.0 Å². The fourth-order valence-corrected chi connectivity index (χ4v) is 3.33. The molecule has 1 aromatic heterocycles. The molecular formula is C21H16Cl3N3O2. The molecular weight excluding hydrogens is 433 g/mol. The Bertz CT molecular complexity index is 1050. The maximum absolute atomic E-state index is 10.7. The summed E-state index contributed by atoms with van der Waals surface area (Å²) in [5.41, 5.74) is 2.83. The van der Waals surface area contributed by atoms with Crippen molar-refractivity contribution in [3.8, 4) is 6.07 Å². The largest absolute Gasteiger partial charge is 0.392 e. The Morgan fingerprint density at radius 2 is 1.69 bits per heavy atom. The van der Waals surface area contributed by atoms with Crippen LogP contribution in [0.3, 0.4) is 0 Å². The molecule has 0 aliphatic heterocycles. The number of nitriles is 1. The van der Waals surface area contributed by atoms with E-state index in [4.69, 9.17) is 40.1 Å². The maximum Gasteiger partial charge on any atom is 0.131 e. The Morgan fingerprint density at radius 1 is 0.966 bits per heavy atom. The fraction of sp³-hybridized carbons (Fsp3) is 0.143. The standard InChI is InChI=1S/C21H16Cl3N3O2/c22-16-5-4-13(7-18(16)24)20(19-6-1-12(11-28)10-26-19)27-21(29)14-2-3-15(9-25)17(23)8-14/h1-8,10,20-21,27-29H,11H2. The molecule has 3 aromatic rings. The molecule has 0 bridgehead atoms. The molecule has 1 heterocycles. The first-order valence-corrected chi connectivity index (χ1v) is 9.70. The van der Waals surface area contributed by atoms with Crippen molar-refractivity contribution in [3.63, 3.8) is 0 Å². The minimum Gasteiger partial charge on any atom is -0.392 e. The van der Waals surface area contributed by atoms with Crippen molar-refractivity contribution in [1.29, 1.82) is 5.26 Å². The number of aliphatic hydroxyl groups excluding tert-OH is 2. The number of benzene rings is 2. The Hall–Kier alpha value is -2.17. The van der Waals surface area contributed by atoms with Gasteiger partial charge in [-0.2, -0.15) is 5.26 Å². The number of hydrogen-bond acceptors (Lipinski definition) is 5. The summed E-state index contributed by atoms with van der Waals surface area (Å²) in [6.07, 6.45) is 0.464. The minimum absolute atomic E-state index is 0.121. The molecule has 2 unspecified atom stereocenters. The lowest BCUT2D eigenvalue weighted by Gasteiger charge is -2.24. The van der Waals surface area contributed by atoms with Crippen LogP contribution in [0.4, 0.5) is 0 Å². The number of pyridine rings is 1. The van der Waals surface area contributed by atoms with E-state index >= 15 is 0 Å². The molecule has 0 fully saturated rings. The predicted octanol–water partition coefficient (Wildman–Crippen LogP) is 4.78. The summed E-state index contributed by atoms with van der Waals surface area (Å²) in [5.74, 6) is 0. The van der Waals surface area contributed by atoms with Crippen LogP contribution in [0.2, 0.25) is 15.1 Å². The first kappa shape index (κ1) is 21.5. The Kier molecular flexibility index (Phi) is 7.09. The van der Waals surface area contributed by atoms with Gasteiger partial charge in [0.15, 0.2) is 0 Å². The molecule has 0 amide bonds. The van der Waals surface area contributed by atoms with Gasteiger partial charge in [-0.25, -0.2) is 0 Å². The molecule has 0 aliphatic carbocycles. The van der Waals surface area contributed by atoms with Crippen molar-refractivity contribution >= 4 is 34.8 Å². The third-order valence-electron chi connectivity index (χ3n) is 4.36. The molecule has 2 aromatic carbocycles. The van der Waals surface area contributed by atoms with E-state index in [0.717, 1.165) is 5.56 Å². The van der Waals surface area contributed by atoms with E-state index in [1.54, 1.807) is 48.7 Å². The highest BCUT2D eigenvalue weighted by atomic mass is 35.5. The molecule has 0 radical (unpaired) electrons. The zero-order chi connectivity index (χ0) is 21.0. The Morgan fingerprint density at radius 3 is 2.28 bits per heavy atom. The highest BCUT2D eigenvalue weighted by Crippen LogP contribution is 2.30. The maximum atomic E-state index is 10.7. The van der Waals surface area contributed by atoms with E-state index < -0.39 is 12.3 Å². The van der Waals surface area contributed by atoms with Crippen molar-refractivity contribution in [2.45, 2.75) is 18.9 Å². The van der Waals surface area contributed by atoms with Crippen LogP contribution in [0, 0.1) is 11.3 Å². The summed E-state index contributed by atoms with van der Waals surface area (Å²) >= 11 is 18.3. The van der Waals surface area contributed by atoms with Crippen molar-refractivity contribution < 1.29 is 10.2 Å². The van der Waals surface area contributed by atoms with Crippen LogP contribution in [0.15, 0.2) is 54.7 Å². The molecule has 29 heavy (non-hydrogen) atoms. The lowest BCUT2D eigenvalue weighted by Crippen LogP contribution is -2.28. The number of nitrogens with one attached hydrogen (secondary N) is 1. The third-order valence-corrected chi connectivity index (χ3v) is 5.41. The lowest BCUT2D eigenvalue weighted by molar-refractivity contribution is 0.128. The number of aliphatic hydroxyl groups is 2. The van der Waals surface area contributed by atoms with Gasteiger partial charge >= 0.3 is 0 Å².